The fourth-order valence-electron chi connectivity index (χ4n) is 3.49. The molecular weight excluding hydrogens is 478 g/mol. The molecule has 0 bridgehead atoms. The highest BCUT2D eigenvalue weighted by Crippen LogP contribution is 2.27. The van der Waals surface area contributed by atoms with Gasteiger partial charge in [-0.1, -0.05) is 24.3 Å². The highest BCUT2D eigenvalue weighted by atomic mass is 32.2. The van der Waals surface area contributed by atoms with Crippen molar-refractivity contribution in [3.05, 3.63) is 66.0 Å². The molecule has 0 aliphatic rings. The number of methoxy groups -OCH3 is 1. The van der Waals surface area contributed by atoms with E-state index < -0.39 is 15.1 Å². The maximum atomic E-state index is 12.4. The predicted octanol–water partition coefficient (Wildman–Crippen LogP) is 4.33. The summed E-state index contributed by atoms with van der Waals surface area (Å²) >= 11 is 0. The molecule has 0 unspecified atom stereocenters. The molecule has 0 atom stereocenters. The van der Waals surface area contributed by atoms with E-state index in [0.717, 1.165) is 29.8 Å². The Labute approximate surface area is 212 Å². The first-order chi connectivity index (χ1) is 17.3. The zero-order valence-corrected chi connectivity index (χ0v) is 21.5. The minimum Gasteiger partial charge on any atom is -0.415 e. The molecule has 0 aliphatic heterocycles. The number of hydrogen-bond acceptors (Lipinski definition) is 9. The SMILES string of the molecule is COCCNCc1ccc(-c2nnc(-c3nc(-c4ccc(S(=O)(=O)C(C)C)cc4)cnc3C)o2)cc1.[HH]. The second-order valence-corrected chi connectivity index (χ2v) is 11.1. The van der Waals surface area contributed by atoms with E-state index >= 15 is 0 Å². The van der Waals surface area contributed by atoms with Crippen molar-refractivity contribution in [1.82, 2.24) is 25.5 Å². The molecule has 0 amide bonds. The Kier molecular flexibility index (Phi) is 7.88. The molecule has 2 heterocycles. The van der Waals surface area contributed by atoms with E-state index in [-0.39, 0.29) is 12.2 Å². The molecule has 0 fully saturated rings. The number of nitrogens with zero attached hydrogens (tertiary/aromatic N) is 4. The van der Waals surface area contributed by atoms with Gasteiger partial charge in [-0.3, -0.25) is 4.98 Å². The minimum absolute atomic E-state index is 0. The molecular formula is C26H31N5O4S. The first-order valence-corrected chi connectivity index (χ1v) is 13.1. The van der Waals surface area contributed by atoms with Crippen molar-refractivity contribution in [2.75, 3.05) is 20.3 Å². The van der Waals surface area contributed by atoms with E-state index in [1.807, 2.05) is 31.2 Å². The van der Waals surface area contributed by atoms with Crippen LogP contribution in [0.1, 0.15) is 26.5 Å². The van der Waals surface area contributed by atoms with Crippen LogP contribution in [0.3, 0.4) is 0 Å². The maximum Gasteiger partial charge on any atom is 0.268 e. The first kappa shape index (κ1) is 25.6. The molecule has 0 saturated heterocycles. The third-order valence-corrected chi connectivity index (χ3v) is 7.87. The molecule has 10 heteroatoms. The lowest BCUT2D eigenvalue weighted by molar-refractivity contribution is 0.199. The van der Waals surface area contributed by atoms with E-state index in [1.165, 1.54) is 0 Å². The lowest BCUT2D eigenvalue weighted by atomic mass is 10.1. The van der Waals surface area contributed by atoms with Gasteiger partial charge in [-0.25, -0.2) is 13.4 Å². The van der Waals surface area contributed by atoms with E-state index in [9.17, 15) is 8.42 Å². The Morgan fingerprint density at radius 2 is 1.67 bits per heavy atom. The lowest BCUT2D eigenvalue weighted by Crippen LogP contribution is -2.18. The average molecular weight is 510 g/mol. The Morgan fingerprint density at radius 3 is 2.33 bits per heavy atom. The van der Waals surface area contributed by atoms with Crippen molar-refractivity contribution < 1.29 is 19.0 Å². The summed E-state index contributed by atoms with van der Waals surface area (Å²) in [5.74, 6) is 0.653. The summed E-state index contributed by atoms with van der Waals surface area (Å²) in [5.41, 5.74) is 4.37. The van der Waals surface area contributed by atoms with E-state index in [1.54, 1.807) is 51.4 Å². The Hall–Kier alpha value is -3.47. The van der Waals surface area contributed by atoms with Crippen LogP contribution in [0.2, 0.25) is 0 Å². The van der Waals surface area contributed by atoms with Gasteiger partial charge in [0.15, 0.2) is 9.84 Å². The molecule has 2 aromatic heterocycles. The van der Waals surface area contributed by atoms with Gasteiger partial charge in [0.1, 0.15) is 5.69 Å². The summed E-state index contributed by atoms with van der Waals surface area (Å²) in [6.07, 6.45) is 1.64. The summed E-state index contributed by atoms with van der Waals surface area (Å²) in [7, 11) is -1.67. The maximum absolute atomic E-state index is 12.4. The molecule has 0 aliphatic carbocycles. The van der Waals surface area contributed by atoms with Gasteiger partial charge < -0.3 is 14.5 Å². The summed E-state index contributed by atoms with van der Waals surface area (Å²) < 4.78 is 35.8. The van der Waals surface area contributed by atoms with Crippen LogP contribution in [-0.4, -0.2) is 54.1 Å². The van der Waals surface area contributed by atoms with Gasteiger partial charge in [0.2, 0.25) is 5.89 Å². The monoisotopic (exact) mass is 509 g/mol. The zero-order chi connectivity index (χ0) is 25.7. The standard InChI is InChI=1S/C26H29N5O4S.H2/c1-17(2)36(32,33)22-11-9-20(10-12-22)23-16-28-18(3)24(29-23)26-31-30-25(35-26)21-7-5-19(6-8-21)15-27-13-14-34-4;/h5-12,16-17,27H,13-15H2,1-4H3;1H. The quantitative estimate of drug-likeness (QED) is 0.311. The zero-order valence-electron chi connectivity index (χ0n) is 20.7. The number of aryl methyl sites for hydroxylation is 1. The molecule has 4 aromatic rings. The van der Waals surface area contributed by atoms with Gasteiger partial charge >= 0.3 is 0 Å². The Morgan fingerprint density at radius 1 is 1.00 bits per heavy atom. The molecule has 190 valence electrons. The van der Waals surface area contributed by atoms with Crippen molar-refractivity contribution in [2.45, 2.75) is 37.5 Å². The van der Waals surface area contributed by atoms with Crippen molar-refractivity contribution in [3.63, 3.8) is 0 Å². The highest BCUT2D eigenvalue weighted by Gasteiger charge is 2.20. The molecule has 4 rings (SSSR count). The predicted molar refractivity (Wildman–Crippen MR) is 139 cm³/mol. The van der Waals surface area contributed by atoms with Crippen LogP contribution in [0.25, 0.3) is 34.3 Å². The smallest absolute Gasteiger partial charge is 0.268 e. The number of rotatable bonds is 10. The second-order valence-electron chi connectivity index (χ2n) is 8.59. The van der Waals surface area contributed by atoms with Crippen molar-refractivity contribution in [3.8, 4) is 34.3 Å². The van der Waals surface area contributed by atoms with Crippen LogP contribution in [-0.2, 0) is 21.1 Å². The third kappa shape index (κ3) is 5.67. The largest absolute Gasteiger partial charge is 0.415 e. The molecule has 36 heavy (non-hydrogen) atoms. The topological polar surface area (TPSA) is 120 Å². The average Bonchev–Trinajstić information content (AvgIpc) is 3.37. The van der Waals surface area contributed by atoms with Crippen LogP contribution in [0.15, 0.2) is 64.0 Å². The van der Waals surface area contributed by atoms with E-state index in [0.29, 0.717) is 29.6 Å². The number of ether oxygens (including phenoxy) is 1. The van der Waals surface area contributed by atoms with Gasteiger partial charge in [0.05, 0.1) is 34.3 Å². The second kappa shape index (κ2) is 11.1. The van der Waals surface area contributed by atoms with Crippen molar-refractivity contribution in [2.24, 2.45) is 0 Å². The summed E-state index contributed by atoms with van der Waals surface area (Å²) in [4.78, 5) is 9.40. The minimum atomic E-state index is -3.35. The number of benzene rings is 2. The number of sulfone groups is 1. The van der Waals surface area contributed by atoms with Crippen LogP contribution < -0.4 is 5.32 Å². The van der Waals surface area contributed by atoms with Gasteiger partial charge in [-0.2, -0.15) is 0 Å². The van der Waals surface area contributed by atoms with Crippen molar-refractivity contribution >= 4 is 9.84 Å². The third-order valence-electron chi connectivity index (χ3n) is 5.70. The van der Waals surface area contributed by atoms with Gasteiger partial charge in [-0.15, -0.1) is 10.2 Å². The number of hydrogen-bond donors (Lipinski definition) is 1. The van der Waals surface area contributed by atoms with Gasteiger partial charge in [0, 0.05) is 32.8 Å². The molecule has 0 spiro atoms. The fourth-order valence-corrected chi connectivity index (χ4v) is 4.55. The van der Waals surface area contributed by atoms with Gasteiger partial charge in [0.25, 0.3) is 5.89 Å². The Bertz CT molecular complexity index is 1420. The molecule has 2 aromatic carbocycles. The first-order valence-electron chi connectivity index (χ1n) is 11.6. The van der Waals surface area contributed by atoms with Crippen LogP contribution >= 0.6 is 0 Å². The number of aromatic nitrogens is 4. The lowest BCUT2D eigenvalue weighted by Gasteiger charge is -2.09. The molecule has 0 saturated carbocycles. The number of nitrogens with one attached hydrogen (secondary N) is 1. The van der Waals surface area contributed by atoms with E-state index in [2.05, 4.69) is 25.5 Å². The fraction of sp³-hybridized carbons (Fsp3) is 0.308. The summed E-state index contributed by atoms with van der Waals surface area (Å²) in [5, 5.41) is 11.2. The molecule has 9 nitrogen and oxygen atoms in total. The highest BCUT2D eigenvalue weighted by molar-refractivity contribution is 7.92. The summed E-state index contributed by atoms with van der Waals surface area (Å²) in [6, 6.07) is 14.5. The Balaban J connectivity index is 0.00000380. The molecule has 1 N–H and O–H groups in total. The van der Waals surface area contributed by atoms with Crippen molar-refractivity contribution in [1.29, 1.82) is 0 Å². The van der Waals surface area contributed by atoms with Crippen LogP contribution in [0.5, 0.6) is 0 Å². The van der Waals surface area contributed by atoms with E-state index in [4.69, 9.17) is 9.15 Å². The van der Waals surface area contributed by atoms with Gasteiger partial charge in [-0.05, 0) is 50.6 Å². The van der Waals surface area contributed by atoms with Crippen LogP contribution in [0.4, 0.5) is 0 Å². The van der Waals surface area contributed by atoms with Crippen LogP contribution in [0, 0.1) is 6.92 Å². The summed E-state index contributed by atoms with van der Waals surface area (Å²) in [6.45, 7) is 7.33. The normalized spacial score (nSPS) is 11.8. The molecule has 0 radical (unpaired) electrons.